The predicted octanol–water partition coefficient (Wildman–Crippen LogP) is 1.76. The highest BCUT2D eigenvalue weighted by atomic mass is 16.2. The number of amides is 1. The van der Waals surface area contributed by atoms with Gasteiger partial charge in [-0.05, 0) is 26.7 Å². The Morgan fingerprint density at radius 3 is 2.29 bits per heavy atom. The summed E-state index contributed by atoms with van der Waals surface area (Å²) in [5.74, 6) is 0.0767. The van der Waals surface area contributed by atoms with Gasteiger partial charge in [0.2, 0.25) is 5.91 Å². The van der Waals surface area contributed by atoms with Crippen molar-refractivity contribution < 1.29 is 4.79 Å². The Balaban J connectivity index is 4.30. The Labute approximate surface area is 87.6 Å². The Morgan fingerprint density at radius 1 is 1.36 bits per heavy atom. The lowest BCUT2D eigenvalue weighted by Gasteiger charge is -2.30. The highest BCUT2D eigenvalue weighted by Gasteiger charge is 2.20. The molecule has 2 N–H and O–H groups in total. The lowest BCUT2D eigenvalue weighted by atomic mass is 10.1. The van der Waals surface area contributed by atoms with Gasteiger partial charge in [-0.15, -0.1) is 0 Å². The van der Waals surface area contributed by atoms with E-state index in [9.17, 15) is 4.79 Å². The fourth-order valence-corrected chi connectivity index (χ4v) is 1.36. The van der Waals surface area contributed by atoms with Gasteiger partial charge in [-0.3, -0.25) is 4.79 Å². The average molecular weight is 200 g/mol. The number of rotatable bonds is 6. The third kappa shape index (κ3) is 4.09. The molecule has 3 heteroatoms. The van der Waals surface area contributed by atoms with Crippen molar-refractivity contribution in [3.8, 4) is 0 Å². The standard InChI is InChI=1S/C11H24N2O/c1-5-7-8-13(9(3)6-2)11(14)10(4)12/h9-10H,5-8,12H2,1-4H3. The zero-order valence-corrected chi connectivity index (χ0v) is 9.92. The van der Waals surface area contributed by atoms with Gasteiger partial charge in [0.15, 0.2) is 0 Å². The van der Waals surface area contributed by atoms with Gasteiger partial charge in [0, 0.05) is 12.6 Å². The van der Waals surface area contributed by atoms with Crippen molar-refractivity contribution in [2.45, 2.75) is 59.0 Å². The molecule has 0 radical (unpaired) electrons. The highest BCUT2D eigenvalue weighted by molar-refractivity contribution is 5.81. The van der Waals surface area contributed by atoms with Gasteiger partial charge in [-0.1, -0.05) is 20.3 Å². The molecule has 0 fully saturated rings. The molecule has 3 nitrogen and oxygen atoms in total. The molecule has 0 aromatic carbocycles. The summed E-state index contributed by atoms with van der Waals surface area (Å²) in [6, 6.07) is -0.0686. The van der Waals surface area contributed by atoms with Crippen LogP contribution >= 0.6 is 0 Å². The number of carbonyl (C=O) groups is 1. The van der Waals surface area contributed by atoms with Gasteiger partial charge < -0.3 is 10.6 Å². The molecule has 2 atom stereocenters. The predicted molar refractivity (Wildman–Crippen MR) is 60.0 cm³/mol. The van der Waals surface area contributed by atoms with E-state index >= 15 is 0 Å². The summed E-state index contributed by atoms with van der Waals surface area (Å²) in [5.41, 5.74) is 5.61. The molecule has 0 bridgehead atoms. The van der Waals surface area contributed by atoms with Gasteiger partial charge in [0.1, 0.15) is 0 Å². The minimum atomic E-state index is -0.374. The first kappa shape index (κ1) is 13.4. The third-order valence-corrected chi connectivity index (χ3v) is 2.55. The molecule has 14 heavy (non-hydrogen) atoms. The van der Waals surface area contributed by atoms with Crippen LogP contribution in [0.2, 0.25) is 0 Å². The summed E-state index contributed by atoms with van der Waals surface area (Å²) in [6.45, 7) is 8.90. The maximum absolute atomic E-state index is 11.8. The number of hydrogen-bond donors (Lipinski definition) is 1. The second kappa shape index (κ2) is 6.82. The van der Waals surface area contributed by atoms with E-state index in [1.807, 2.05) is 4.90 Å². The quantitative estimate of drug-likeness (QED) is 0.710. The van der Waals surface area contributed by atoms with E-state index in [1.165, 1.54) is 0 Å². The van der Waals surface area contributed by atoms with Crippen molar-refractivity contribution >= 4 is 5.91 Å². The van der Waals surface area contributed by atoms with Crippen LogP contribution in [0.15, 0.2) is 0 Å². The summed E-state index contributed by atoms with van der Waals surface area (Å²) in [5, 5.41) is 0. The first-order valence-electron chi connectivity index (χ1n) is 5.60. The molecule has 0 aliphatic heterocycles. The SMILES string of the molecule is CCCCN(C(=O)C(C)N)C(C)CC. The van der Waals surface area contributed by atoms with Crippen LogP contribution in [0.1, 0.15) is 47.0 Å². The fourth-order valence-electron chi connectivity index (χ4n) is 1.36. The summed E-state index contributed by atoms with van der Waals surface area (Å²) >= 11 is 0. The number of unbranched alkanes of at least 4 members (excludes halogenated alkanes) is 1. The molecule has 0 saturated heterocycles. The fraction of sp³-hybridized carbons (Fsp3) is 0.909. The molecule has 84 valence electrons. The van der Waals surface area contributed by atoms with E-state index in [1.54, 1.807) is 6.92 Å². The Bertz CT molecular complexity index is 169. The third-order valence-electron chi connectivity index (χ3n) is 2.55. The molecular formula is C11H24N2O. The smallest absolute Gasteiger partial charge is 0.239 e. The van der Waals surface area contributed by atoms with Crippen LogP contribution < -0.4 is 5.73 Å². The first-order chi connectivity index (χ1) is 6.54. The van der Waals surface area contributed by atoms with Crippen LogP contribution in [0.3, 0.4) is 0 Å². The minimum Gasteiger partial charge on any atom is -0.339 e. The van der Waals surface area contributed by atoms with E-state index in [-0.39, 0.29) is 11.9 Å². The largest absolute Gasteiger partial charge is 0.339 e. The number of hydrogen-bond acceptors (Lipinski definition) is 2. The molecule has 0 rings (SSSR count). The topological polar surface area (TPSA) is 46.3 Å². The second-order valence-corrected chi connectivity index (χ2v) is 3.93. The normalized spacial score (nSPS) is 14.9. The minimum absolute atomic E-state index is 0.0767. The molecule has 0 heterocycles. The van der Waals surface area contributed by atoms with Crippen molar-refractivity contribution in [1.82, 2.24) is 4.90 Å². The van der Waals surface area contributed by atoms with Crippen LogP contribution in [-0.2, 0) is 4.79 Å². The molecule has 0 saturated carbocycles. The van der Waals surface area contributed by atoms with Crippen molar-refractivity contribution in [3.05, 3.63) is 0 Å². The molecule has 0 aromatic rings. The Morgan fingerprint density at radius 2 is 1.93 bits per heavy atom. The van der Waals surface area contributed by atoms with Crippen molar-refractivity contribution in [2.24, 2.45) is 5.73 Å². The number of carbonyl (C=O) groups excluding carboxylic acids is 1. The van der Waals surface area contributed by atoms with Crippen LogP contribution in [0, 0.1) is 0 Å². The van der Waals surface area contributed by atoms with Crippen molar-refractivity contribution in [1.29, 1.82) is 0 Å². The van der Waals surface area contributed by atoms with E-state index in [4.69, 9.17) is 5.73 Å². The lowest BCUT2D eigenvalue weighted by molar-refractivity contribution is -0.134. The van der Waals surface area contributed by atoms with Crippen molar-refractivity contribution in [3.63, 3.8) is 0 Å². The highest BCUT2D eigenvalue weighted by Crippen LogP contribution is 2.07. The number of nitrogens with zero attached hydrogens (tertiary/aromatic N) is 1. The average Bonchev–Trinajstić information content (AvgIpc) is 2.17. The van der Waals surface area contributed by atoms with Gasteiger partial charge in [-0.25, -0.2) is 0 Å². The lowest BCUT2D eigenvalue weighted by Crippen LogP contribution is -2.46. The zero-order chi connectivity index (χ0) is 11.1. The molecule has 0 aliphatic carbocycles. The first-order valence-corrected chi connectivity index (χ1v) is 5.60. The Hall–Kier alpha value is -0.570. The summed E-state index contributed by atoms with van der Waals surface area (Å²) in [7, 11) is 0. The van der Waals surface area contributed by atoms with Gasteiger partial charge in [0.05, 0.1) is 6.04 Å². The molecule has 0 aliphatic rings. The van der Waals surface area contributed by atoms with Crippen LogP contribution in [0.4, 0.5) is 0 Å². The van der Waals surface area contributed by atoms with E-state index in [0.29, 0.717) is 6.04 Å². The maximum Gasteiger partial charge on any atom is 0.239 e. The molecule has 1 amide bonds. The van der Waals surface area contributed by atoms with Crippen LogP contribution in [-0.4, -0.2) is 29.4 Å². The molecule has 0 aromatic heterocycles. The van der Waals surface area contributed by atoms with Crippen LogP contribution in [0.5, 0.6) is 0 Å². The van der Waals surface area contributed by atoms with E-state index in [2.05, 4.69) is 20.8 Å². The summed E-state index contributed by atoms with van der Waals surface area (Å²) in [6.07, 6.45) is 3.16. The summed E-state index contributed by atoms with van der Waals surface area (Å²) < 4.78 is 0. The number of nitrogens with two attached hydrogens (primary N) is 1. The molecule has 2 unspecified atom stereocenters. The summed E-state index contributed by atoms with van der Waals surface area (Å²) in [4.78, 5) is 13.7. The van der Waals surface area contributed by atoms with E-state index in [0.717, 1.165) is 25.8 Å². The molecular weight excluding hydrogens is 176 g/mol. The monoisotopic (exact) mass is 200 g/mol. The zero-order valence-electron chi connectivity index (χ0n) is 9.92. The maximum atomic E-state index is 11.8. The Kier molecular flexibility index (Phi) is 6.54. The molecule has 0 spiro atoms. The van der Waals surface area contributed by atoms with Gasteiger partial charge in [0.25, 0.3) is 0 Å². The van der Waals surface area contributed by atoms with E-state index < -0.39 is 0 Å². The van der Waals surface area contributed by atoms with Crippen LogP contribution in [0.25, 0.3) is 0 Å². The van der Waals surface area contributed by atoms with Gasteiger partial charge in [-0.2, -0.15) is 0 Å². The van der Waals surface area contributed by atoms with Crippen molar-refractivity contribution in [2.75, 3.05) is 6.54 Å². The van der Waals surface area contributed by atoms with Gasteiger partial charge >= 0.3 is 0 Å². The second-order valence-electron chi connectivity index (χ2n) is 3.93.